The van der Waals surface area contributed by atoms with Crippen molar-refractivity contribution in [2.24, 2.45) is 29.0 Å². The quantitative estimate of drug-likeness (QED) is 0.0285. The SMILES string of the molecule is CCCC[C@H]1C(=O)N(C)[C@@H](CCCC)C(=O)N[C@@H](CC(C)C)C(=O)N[C@H](C(=O)NCC(N)=O)CSCC(=O)N[C@@H](Cc2ccc(O)cc2)C(=O)N(C)[C@@H](C)C(=O)N[C@@H](CC(N)=O)C(=O)N2CCC[C@H]2C(=O)N[C@@H](Cc2cnc[nH]2)C(=O)N[C@@H](CCC(=O)O)C(=O)N(CCOC)CC(=O)C[C@@H](Cc2c[nH]c3ccccc23)C(=O)N[C@@H](CCN)C(=O)N[C@@H](Cc2c[nH]c3ccccc23)C(=O)N1C. The van der Waals surface area contributed by atoms with E-state index in [1.165, 1.54) is 81.8 Å². The van der Waals surface area contributed by atoms with Crippen molar-refractivity contribution in [1.82, 2.24) is 92.3 Å². The van der Waals surface area contributed by atoms with E-state index in [-0.39, 0.29) is 108 Å². The molecule has 734 valence electrons. The number of likely N-dealkylation sites (N-methyl/N-ethyl adjacent to an activating group) is 3. The molecule has 2 aliphatic rings. The van der Waals surface area contributed by atoms with Crippen molar-refractivity contribution < 1.29 is 101 Å². The van der Waals surface area contributed by atoms with Crippen LogP contribution in [0.2, 0.25) is 0 Å². The Labute approximate surface area is 786 Å². The lowest BCUT2D eigenvalue weighted by Gasteiger charge is -2.36. The summed E-state index contributed by atoms with van der Waals surface area (Å²) in [6.45, 7) is 6.10. The van der Waals surface area contributed by atoms with Gasteiger partial charge in [0, 0.05) is 131 Å². The minimum atomic E-state index is -1.80. The number of thioether (sulfide) groups is 1. The zero-order chi connectivity index (χ0) is 98.9. The van der Waals surface area contributed by atoms with E-state index in [0.29, 0.717) is 64.2 Å². The number of fused-ring (bicyclic) bond motifs is 3. The number of aromatic nitrogens is 4. The number of carbonyl (C=O) groups excluding carboxylic acids is 17. The van der Waals surface area contributed by atoms with Crippen LogP contribution < -0.4 is 65.1 Å². The summed E-state index contributed by atoms with van der Waals surface area (Å²) >= 11 is 0.792. The van der Waals surface area contributed by atoms with Gasteiger partial charge in [0.05, 0.1) is 38.2 Å². The predicted molar refractivity (Wildman–Crippen MR) is 498 cm³/mol. The second-order valence-corrected chi connectivity index (χ2v) is 35.6. The van der Waals surface area contributed by atoms with E-state index < -0.39 is 235 Å². The molecule has 0 radical (unpaired) electrons. The van der Waals surface area contributed by atoms with Gasteiger partial charge in [0.25, 0.3) is 0 Å². The molecule has 0 saturated carbocycles. The van der Waals surface area contributed by atoms with Crippen LogP contribution in [-0.4, -0.2) is 313 Å². The number of primary amides is 2. The molecule has 13 atom stereocenters. The van der Waals surface area contributed by atoms with Gasteiger partial charge in [-0.1, -0.05) is 102 Å². The summed E-state index contributed by atoms with van der Waals surface area (Å²) in [7, 11) is 5.30. The molecule has 16 amide bonds. The number of nitrogens with two attached hydrogens (primary N) is 3. The highest BCUT2D eigenvalue weighted by Crippen LogP contribution is 2.28. The standard InChI is InChI=1S/C92H129N21O21S/c1-10-12-23-73-86(127)104-67(37-52(3)4)84(125)108-72(82(123)99-47-77(95)117)49-135-50-78(118)101-69(38-54-26-28-59(114)29-27-54)88(129)109(6)53(5)80(121)106-71(43-76(94)116)91(132)113-34-18-25-74(113)87(128)105-68(42-58-46-96-51-100-58)85(126)103-66(30-31-79(119)120)90(131)112(35-36-134-9)48-60(115)40-55(39-56-44-97-63-21-16-14-19-61(56)63)81(122)102-65(32-33-93)83(124)107-70(41-57-45-98-64-22-17-15-20-62(57)64)89(130)111(8)75(24-13-11-2)92(133)110(73)7/h14-17,19-22,26-29,44-46,51-53,55,65-75,97-98,114H,10-13,18,23-25,30-43,47-50,93H2,1-9H3,(H2,94,116)(H2,95,117)(H,96,100)(H,99,123)(H,101,118)(H,102,122)(H,103,126)(H,104,127)(H,105,128)(H,106,121)(H,107,124)(H,108,125)(H,119,120)/t53-,55+,65-,66-,67-,68-,69-,70-,71-,72-,73-,74-,75-/m0/s1. The van der Waals surface area contributed by atoms with E-state index in [2.05, 4.69) is 67.8 Å². The number of unbranched alkanes of at least 4 members (excludes halogenated alkanes) is 2. The number of carboxylic acid groups (broad SMARTS) is 1. The van der Waals surface area contributed by atoms with Gasteiger partial charge in [0.2, 0.25) is 94.5 Å². The molecular formula is C92H129N21O21S. The Kier molecular flexibility index (Phi) is 41.5. The van der Waals surface area contributed by atoms with Gasteiger partial charge in [-0.2, -0.15) is 0 Å². The first-order chi connectivity index (χ1) is 64.3. The Morgan fingerprint density at radius 1 is 0.593 bits per heavy atom. The molecule has 20 N–H and O–H groups in total. The number of nitrogens with zero attached hydrogens (tertiary/aromatic N) is 6. The molecule has 0 spiro atoms. The van der Waals surface area contributed by atoms with Gasteiger partial charge in [-0.15, -0.1) is 11.8 Å². The van der Waals surface area contributed by atoms with Gasteiger partial charge in [0.15, 0.2) is 5.78 Å². The van der Waals surface area contributed by atoms with Crippen molar-refractivity contribution in [2.75, 3.05) is 79.1 Å². The number of hydrogen-bond acceptors (Lipinski definition) is 23. The molecule has 5 heterocycles. The number of ether oxygens (including phenoxy) is 1. The van der Waals surface area contributed by atoms with E-state index in [1.807, 2.05) is 13.8 Å². The van der Waals surface area contributed by atoms with Gasteiger partial charge in [-0.3, -0.25) is 86.3 Å². The third-order valence-electron chi connectivity index (χ3n) is 23.9. The van der Waals surface area contributed by atoms with Crippen molar-refractivity contribution in [1.29, 1.82) is 0 Å². The van der Waals surface area contributed by atoms with Crippen LogP contribution in [0.1, 0.15) is 147 Å². The average molecular weight is 1900 g/mol. The highest BCUT2D eigenvalue weighted by molar-refractivity contribution is 8.00. The lowest BCUT2D eigenvalue weighted by atomic mass is 9.92. The fourth-order valence-electron chi connectivity index (χ4n) is 16.3. The number of carbonyl (C=O) groups is 18. The number of ketones is 1. The Morgan fingerprint density at radius 3 is 1.78 bits per heavy atom. The number of Topliss-reactive ketones (excluding diaryl/α,β-unsaturated/α-hetero) is 1. The Hall–Kier alpha value is -13.3. The maximum absolute atomic E-state index is 15.8. The Morgan fingerprint density at radius 2 is 1.17 bits per heavy atom. The summed E-state index contributed by atoms with van der Waals surface area (Å²) in [4.78, 5) is 282. The number of phenols is 1. The number of benzene rings is 3. The molecule has 0 aliphatic carbocycles. The molecule has 43 heteroatoms. The first-order valence-electron chi connectivity index (χ1n) is 45.4. The number of carboxylic acids is 1. The number of methoxy groups -OCH3 is 1. The van der Waals surface area contributed by atoms with Crippen LogP contribution in [0, 0.1) is 11.8 Å². The summed E-state index contributed by atoms with van der Waals surface area (Å²) in [6, 6.07) is 1.54. The van der Waals surface area contributed by atoms with Crippen LogP contribution in [0.5, 0.6) is 5.75 Å². The first kappa shape index (κ1) is 107. The van der Waals surface area contributed by atoms with Crippen molar-refractivity contribution in [3.63, 3.8) is 0 Å². The Balaban J connectivity index is 1.21. The molecule has 135 heavy (non-hydrogen) atoms. The van der Waals surface area contributed by atoms with E-state index in [0.717, 1.165) is 26.5 Å². The molecule has 0 bridgehead atoms. The number of amides is 16. The Bertz CT molecular complexity index is 5140. The van der Waals surface area contributed by atoms with Crippen molar-refractivity contribution in [3.8, 4) is 5.75 Å². The normalized spacial score (nSPS) is 23.3. The summed E-state index contributed by atoms with van der Waals surface area (Å²) in [5.74, 6) is -19.6. The highest BCUT2D eigenvalue weighted by atomic mass is 32.2. The number of aromatic amines is 3. The molecular weight excluding hydrogens is 1770 g/mol. The smallest absolute Gasteiger partial charge is 0.303 e. The van der Waals surface area contributed by atoms with Gasteiger partial charge < -0.3 is 119 Å². The lowest BCUT2D eigenvalue weighted by molar-refractivity contribution is -0.149. The fourth-order valence-corrected chi connectivity index (χ4v) is 17.2. The van der Waals surface area contributed by atoms with Crippen molar-refractivity contribution in [3.05, 3.63) is 120 Å². The highest BCUT2D eigenvalue weighted by Gasteiger charge is 2.44. The summed E-state index contributed by atoms with van der Waals surface area (Å²) < 4.78 is 5.40. The number of aromatic hydroxyl groups is 1. The van der Waals surface area contributed by atoms with Crippen LogP contribution in [-0.2, 0) is 117 Å². The van der Waals surface area contributed by atoms with E-state index in [1.54, 1.807) is 74.8 Å². The van der Waals surface area contributed by atoms with E-state index in [4.69, 9.17) is 21.9 Å². The van der Waals surface area contributed by atoms with Gasteiger partial charge in [-0.25, -0.2) is 4.98 Å². The van der Waals surface area contributed by atoms with Crippen LogP contribution >= 0.6 is 11.8 Å². The van der Waals surface area contributed by atoms with E-state index >= 15 is 38.4 Å². The van der Waals surface area contributed by atoms with Crippen molar-refractivity contribution >= 4 is 140 Å². The summed E-state index contributed by atoms with van der Waals surface area (Å²) in [5, 5.41) is 45.6. The minimum absolute atomic E-state index is 0.0355. The number of imidazole rings is 1. The maximum atomic E-state index is 15.8. The number of hydrogen-bond donors (Lipinski definition) is 17. The van der Waals surface area contributed by atoms with Gasteiger partial charge >= 0.3 is 5.97 Å². The van der Waals surface area contributed by atoms with Crippen LogP contribution in [0.3, 0.4) is 0 Å². The topological polar surface area (TPSA) is 620 Å². The van der Waals surface area contributed by atoms with Gasteiger partial charge in [0.1, 0.15) is 78.3 Å². The predicted octanol–water partition coefficient (Wildman–Crippen LogP) is -0.367. The second-order valence-electron chi connectivity index (χ2n) is 34.6. The third-order valence-corrected chi connectivity index (χ3v) is 24.9. The molecule has 42 nitrogen and oxygen atoms in total. The number of phenolic OH excluding ortho intramolecular Hbond substituents is 1. The number of H-pyrrole nitrogens is 3. The first-order valence-corrected chi connectivity index (χ1v) is 46.5. The van der Waals surface area contributed by atoms with Crippen LogP contribution in [0.15, 0.2) is 97.7 Å². The van der Waals surface area contributed by atoms with Crippen LogP contribution in [0.25, 0.3) is 21.8 Å². The molecule has 3 aromatic heterocycles. The number of para-hydroxylation sites is 2. The fraction of sp³-hybridized carbons (Fsp3) is 0.533. The van der Waals surface area contributed by atoms with Gasteiger partial charge in [-0.05, 0) is 112 Å². The second kappa shape index (κ2) is 52.4. The summed E-state index contributed by atoms with van der Waals surface area (Å²) in [5.41, 5.74) is 20.5. The molecule has 2 aliphatic heterocycles. The average Bonchev–Trinajstić information content (AvgIpc) is 1.79. The monoisotopic (exact) mass is 1900 g/mol. The number of rotatable bonds is 29. The van der Waals surface area contributed by atoms with Crippen molar-refractivity contribution in [2.45, 2.75) is 223 Å². The zero-order valence-electron chi connectivity index (χ0n) is 77.7. The zero-order valence-corrected chi connectivity index (χ0v) is 78.5. The number of nitrogens with one attached hydrogen (secondary N) is 12. The largest absolute Gasteiger partial charge is 0.508 e. The number of aliphatic carboxylic acids is 1. The molecule has 8 rings (SSSR count). The summed E-state index contributed by atoms with van der Waals surface area (Å²) in [6.07, 6.45) is 3.77. The molecule has 2 saturated heterocycles. The third kappa shape index (κ3) is 31.4. The van der Waals surface area contributed by atoms with E-state index in [9.17, 15) is 58.2 Å². The maximum Gasteiger partial charge on any atom is 0.303 e. The molecule has 2 fully saturated rings. The molecule has 3 aromatic carbocycles. The minimum Gasteiger partial charge on any atom is -0.508 e. The lowest BCUT2D eigenvalue weighted by Crippen LogP contribution is -2.60. The van der Waals surface area contributed by atoms with Crippen LogP contribution in [0.4, 0.5) is 0 Å². The molecule has 6 aromatic rings. The molecule has 0 unspecified atom stereocenters.